The maximum Gasteiger partial charge on any atom is 0.191 e. The van der Waals surface area contributed by atoms with E-state index >= 15 is 0 Å². The van der Waals surface area contributed by atoms with Gasteiger partial charge in [0.15, 0.2) is 11.0 Å². The van der Waals surface area contributed by atoms with E-state index in [-0.39, 0.29) is 0 Å². The number of likely N-dealkylation sites (tertiary alicyclic amines) is 1. The van der Waals surface area contributed by atoms with Gasteiger partial charge in [-0.1, -0.05) is 39.8 Å². The topological polar surface area (TPSA) is 46.8 Å². The first-order valence-electron chi connectivity index (χ1n) is 10.4. The van der Waals surface area contributed by atoms with Crippen molar-refractivity contribution in [3.05, 3.63) is 45.0 Å². The molecule has 5 rings (SSSR count). The van der Waals surface area contributed by atoms with Gasteiger partial charge in [0.1, 0.15) is 0 Å². The van der Waals surface area contributed by atoms with E-state index in [1.165, 1.54) is 42.5 Å². The number of hydrogen-bond donors (Lipinski definition) is 0. The molecule has 1 saturated carbocycles. The third-order valence-corrected chi connectivity index (χ3v) is 9.13. The Balaban J connectivity index is 1.13. The minimum Gasteiger partial charge on any atom is -0.304 e. The van der Waals surface area contributed by atoms with Crippen LogP contribution in [0.25, 0.3) is 10.7 Å². The standard InChI is InChI=1S/C22H26BrN5S2/c1-14-19(30-15(2)24-14)20-25-26-21(27(20)3)29-10-4-9-28-12-17-11-22(17,13-28)16-5-7-18(23)8-6-16/h5-8,17H,4,9-13H2,1-3H3/t17-,22+/m0/s1. The molecule has 30 heavy (non-hydrogen) atoms. The quantitative estimate of drug-likeness (QED) is 0.332. The number of aromatic nitrogens is 4. The number of fused-ring (bicyclic) bond motifs is 1. The number of rotatable bonds is 7. The lowest BCUT2D eigenvalue weighted by molar-refractivity contribution is 0.299. The van der Waals surface area contributed by atoms with Crippen LogP contribution in [0.4, 0.5) is 0 Å². The molecule has 1 aliphatic heterocycles. The number of benzene rings is 1. The van der Waals surface area contributed by atoms with Crippen molar-refractivity contribution in [2.75, 3.05) is 25.4 Å². The molecule has 0 spiro atoms. The summed E-state index contributed by atoms with van der Waals surface area (Å²) in [6.45, 7) is 7.71. The van der Waals surface area contributed by atoms with Crippen molar-refractivity contribution in [3.63, 3.8) is 0 Å². The highest BCUT2D eigenvalue weighted by atomic mass is 79.9. The monoisotopic (exact) mass is 503 g/mol. The molecule has 2 aromatic heterocycles. The highest BCUT2D eigenvalue weighted by Crippen LogP contribution is 2.59. The molecule has 3 aromatic rings. The van der Waals surface area contributed by atoms with Gasteiger partial charge in [-0.15, -0.1) is 21.5 Å². The summed E-state index contributed by atoms with van der Waals surface area (Å²) in [4.78, 5) is 8.31. The van der Waals surface area contributed by atoms with Gasteiger partial charge in [-0.25, -0.2) is 4.98 Å². The van der Waals surface area contributed by atoms with Crippen LogP contribution >= 0.6 is 39.0 Å². The van der Waals surface area contributed by atoms with Crippen LogP contribution < -0.4 is 0 Å². The molecular formula is C22H26BrN5S2. The van der Waals surface area contributed by atoms with E-state index < -0.39 is 0 Å². The van der Waals surface area contributed by atoms with E-state index in [0.717, 1.165) is 38.2 Å². The Morgan fingerprint density at radius 1 is 1.23 bits per heavy atom. The van der Waals surface area contributed by atoms with Crippen molar-refractivity contribution in [1.29, 1.82) is 0 Å². The van der Waals surface area contributed by atoms with Crippen LogP contribution in [-0.2, 0) is 12.5 Å². The number of thiazole rings is 1. The number of thioether (sulfide) groups is 1. The van der Waals surface area contributed by atoms with Gasteiger partial charge in [-0.05, 0) is 56.8 Å². The Labute approximate surface area is 194 Å². The van der Waals surface area contributed by atoms with Crippen LogP contribution in [-0.4, -0.2) is 50.0 Å². The predicted molar refractivity (Wildman–Crippen MR) is 127 cm³/mol. The molecular weight excluding hydrogens is 478 g/mol. The molecule has 0 unspecified atom stereocenters. The van der Waals surface area contributed by atoms with Gasteiger partial charge in [0.25, 0.3) is 0 Å². The maximum absolute atomic E-state index is 4.52. The lowest BCUT2D eigenvalue weighted by Crippen LogP contribution is -2.27. The molecule has 2 aliphatic rings. The average molecular weight is 505 g/mol. The van der Waals surface area contributed by atoms with E-state index in [1.807, 2.05) is 25.6 Å². The van der Waals surface area contributed by atoms with Crippen molar-refractivity contribution in [2.24, 2.45) is 13.0 Å². The smallest absolute Gasteiger partial charge is 0.191 e. The SMILES string of the molecule is Cc1nc(C)c(-c2nnc(SCCCN3C[C@@H]4C[C@]4(c4ccc(Br)cc4)C3)n2C)s1. The lowest BCUT2D eigenvalue weighted by atomic mass is 9.95. The van der Waals surface area contributed by atoms with Gasteiger partial charge >= 0.3 is 0 Å². The second-order valence-electron chi connectivity index (χ2n) is 8.51. The van der Waals surface area contributed by atoms with Crippen molar-refractivity contribution in [2.45, 2.75) is 37.3 Å². The highest BCUT2D eigenvalue weighted by molar-refractivity contribution is 9.10. The molecule has 0 radical (unpaired) electrons. The number of hydrogen-bond acceptors (Lipinski definition) is 6. The number of piperidine rings is 1. The first-order chi connectivity index (χ1) is 14.5. The average Bonchev–Trinajstić information content (AvgIpc) is 2.97. The van der Waals surface area contributed by atoms with Gasteiger partial charge < -0.3 is 9.47 Å². The van der Waals surface area contributed by atoms with Gasteiger partial charge in [0, 0.05) is 35.8 Å². The number of halogens is 1. The zero-order valence-corrected chi connectivity index (χ0v) is 20.8. The van der Waals surface area contributed by atoms with Crippen LogP contribution in [0.15, 0.2) is 33.9 Å². The molecule has 1 aromatic carbocycles. The molecule has 2 atom stereocenters. The predicted octanol–water partition coefficient (Wildman–Crippen LogP) is 5.07. The van der Waals surface area contributed by atoms with E-state index in [4.69, 9.17) is 0 Å². The molecule has 3 heterocycles. The summed E-state index contributed by atoms with van der Waals surface area (Å²) in [5.41, 5.74) is 2.99. The Hall–Kier alpha value is -1.22. The molecule has 0 N–H and O–H groups in total. The first kappa shape index (κ1) is 20.7. The molecule has 0 bridgehead atoms. The first-order valence-corrected chi connectivity index (χ1v) is 13.0. The van der Waals surface area contributed by atoms with E-state index in [0.29, 0.717) is 5.41 Å². The highest BCUT2D eigenvalue weighted by Gasteiger charge is 2.60. The largest absolute Gasteiger partial charge is 0.304 e. The fourth-order valence-electron chi connectivity index (χ4n) is 4.81. The zero-order valence-electron chi connectivity index (χ0n) is 17.6. The summed E-state index contributed by atoms with van der Waals surface area (Å²) in [5.74, 6) is 2.84. The van der Waals surface area contributed by atoms with Crippen LogP contribution in [0, 0.1) is 19.8 Å². The van der Waals surface area contributed by atoms with Crippen molar-refractivity contribution >= 4 is 39.0 Å². The molecule has 5 nitrogen and oxygen atoms in total. The third kappa shape index (κ3) is 3.76. The summed E-state index contributed by atoms with van der Waals surface area (Å²) >= 11 is 7.06. The van der Waals surface area contributed by atoms with Crippen molar-refractivity contribution in [3.8, 4) is 10.7 Å². The molecule has 1 saturated heterocycles. The normalized spacial score (nSPS) is 23.1. The van der Waals surface area contributed by atoms with E-state index in [1.54, 1.807) is 11.3 Å². The Bertz CT molecular complexity index is 1060. The minimum absolute atomic E-state index is 0.428. The number of aryl methyl sites for hydroxylation is 2. The summed E-state index contributed by atoms with van der Waals surface area (Å²) in [6, 6.07) is 8.98. The Kier molecular flexibility index (Phi) is 5.54. The zero-order chi connectivity index (χ0) is 20.9. The second kappa shape index (κ2) is 8.04. The minimum atomic E-state index is 0.428. The molecule has 0 amide bonds. The van der Waals surface area contributed by atoms with Gasteiger partial charge in [0.2, 0.25) is 0 Å². The summed E-state index contributed by atoms with van der Waals surface area (Å²) in [5, 5.41) is 10.9. The van der Waals surface area contributed by atoms with Crippen LogP contribution in [0.1, 0.15) is 29.1 Å². The van der Waals surface area contributed by atoms with Crippen LogP contribution in [0.3, 0.4) is 0 Å². The summed E-state index contributed by atoms with van der Waals surface area (Å²) < 4.78 is 3.28. The van der Waals surface area contributed by atoms with E-state index in [2.05, 4.69) is 71.9 Å². The van der Waals surface area contributed by atoms with Gasteiger partial charge in [-0.2, -0.15) is 0 Å². The Morgan fingerprint density at radius 2 is 2.03 bits per heavy atom. The fraction of sp³-hybridized carbons (Fsp3) is 0.500. The summed E-state index contributed by atoms with van der Waals surface area (Å²) in [7, 11) is 2.06. The van der Waals surface area contributed by atoms with E-state index in [9.17, 15) is 0 Å². The second-order valence-corrected chi connectivity index (χ2v) is 11.7. The fourth-order valence-corrected chi connectivity index (χ4v) is 6.85. The van der Waals surface area contributed by atoms with Gasteiger partial charge in [0.05, 0.1) is 15.6 Å². The number of nitrogens with zero attached hydrogens (tertiary/aromatic N) is 5. The molecule has 2 fully saturated rings. The third-order valence-electron chi connectivity index (χ3n) is 6.43. The summed E-state index contributed by atoms with van der Waals surface area (Å²) in [6.07, 6.45) is 2.53. The van der Waals surface area contributed by atoms with Gasteiger partial charge in [-0.3, -0.25) is 0 Å². The Morgan fingerprint density at radius 3 is 2.77 bits per heavy atom. The lowest BCUT2D eigenvalue weighted by Gasteiger charge is -2.21. The molecule has 1 aliphatic carbocycles. The van der Waals surface area contributed by atoms with Crippen molar-refractivity contribution in [1.82, 2.24) is 24.6 Å². The van der Waals surface area contributed by atoms with Crippen LogP contribution in [0.2, 0.25) is 0 Å². The maximum atomic E-state index is 4.52. The van der Waals surface area contributed by atoms with Crippen molar-refractivity contribution < 1.29 is 0 Å². The van der Waals surface area contributed by atoms with Crippen LogP contribution in [0.5, 0.6) is 0 Å². The molecule has 158 valence electrons. The molecule has 8 heteroatoms.